The molecule has 1 atom stereocenters. The standard InChI is InChI=1S/C24H17F2OS2/c25-18-6-10-20(11-7-18)28(21-12-8-19(26)9-13-21)22-14-16-24(17-15-22)29(27)23-4-2-1-3-5-23/h1-17H/q+1. The Hall–Kier alpha value is -2.76. The van der Waals surface area contributed by atoms with Gasteiger partial charge in [0.15, 0.2) is 14.7 Å². The van der Waals surface area contributed by atoms with E-state index in [0.29, 0.717) is 4.90 Å². The molecule has 0 saturated heterocycles. The van der Waals surface area contributed by atoms with E-state index in [-0.39, 0.29) is 11.6 Å². The van der Waals surface area contributed by atoms with Crippen LogP contribution in [0.3, 0.4) is 0 Å². The number of benzene rings is 4. The zero-order chi connectivity index (χ0) is 20.2. The first-order chi connectivity index (χ1) is 14.1. The molecule has 4 aromatic carbocycles. The van der Waals surface area contributed by atoms with E-state index in [2.05, 4.69) is 0 Å². The second kappa shape index (κ2) is 8.72. The fourth-order valence-corrected chi connectivity index (χ4v) is 6.03. The van der Waals surface area contributed by atoms with Gasteiger partial charge in [-0.15, -0.1) is 0 Å². The minimum absolute atomic E-state index is 0.301. The predicted octanol–water partition coefficient (Wildman–Crippen LogP) is 6.23. The van der Waals surface area contributed by atoms with Crippen molar-refractivity contribution in [2.75, 3.05) is 0 Å². The first-order valence-corrected chi connectivity index (χ1v) is 11.3. The molecule has 1 nitrogen and oxygen atoms in total. The van der Waals surface area contributed by atoms with Crippen LogP contribution in [-0.4, -0.2) is 4.21 Å². The second-order valence-electron chi connectivity index (χ2n) is 6.27. The highest BCUT2D eigenvalue weighted by Gasteiger charge is 2.29. The predicted molar refractivity (Wildman–Crippen MR) is 113 cm³/mol. The van der Waals surface area contributed by atoms with Crippen molar-refractivity contribution < 1.29 is 13.0 Å². The molecule has 0 saturated carbocycles. The summed E-state index contributed by atoms with van der Waals surface area (Å²) < 4.78 is 39.6. The lowest BCUT2D eigenvalue weighted by molar-refractivity contribution is 0.626. The molecular formula is C24H17F2OS2+. The van der Waals surface area contributed by atoms with E-state index in [1.165, 1.54) is 24.3 Å². The Morgan fingerprint density at radius 3 is 1.34 bits per heavy atom. The van der Waals surface area contributed by atoms with Gasteiger partial charge in [-0.05, 0) is 84.9 Å². The Morgan fingerprint density at radius 1 is 0.517 bits per heavy atom. The molecule has 5 heteroatoms. The van der Waals surface area contributed by atoms with Crippen LogP contribution in [0.25, 0.3) is 0 Å². The highest BCUT2D eigenvalue weighted by atomic mass is 32.2. The van der Waals surface area contributed by atoms with Gasteiger partial charge in [0.2, 0.25) is 0 Å². The molecule has 144 valence electrons. The highest BCUT2D eigenvalue weighted by molar-refractivity contribution is 7.97. The van der Waals surface area contributed by atoms with Gasteiger partial charge in [-0.25, -0.2) is 13.0 Å². The summed E-state index contributed by atoms with van der Waals surface area (Å²) in [6.45, 7) is 0. The van der Waals surface area contributed by atoms with Gasteiger partial charge in [-0.3, -0.25) is 0 Å². The fraction of sp³-hybridized carbons (Fsp3) is 0. The molecule has 4 aromatic rings. The van der Waals surface area contributed by atoms with Crippen LogP contribution in [-0.2, 0) is 21.7 Å². The van der Waals surface area contributed by atoms with E-state index in [9.17, 15) is 13.0 Å². The molecule has 0 heterocycles. The largest absolute Gasteiger partial charge is 0.249 e. The normalized spacial score (nSPS) is 12.1. The summed E-state index contributed by atoms with van der Waals surface area (Å²) in [7, 11) is -1.79. The summed E-state index contributed by atoms with van der Waals surface area (Å²) in [6, 6.07) is 29.6. The molecule has 1 unspecified atom stereocenters. The summed E-state index contributed by atoms with van der Waals surface area (Å²) in [5, 5.41) is 0. The highest BCUT2D eigenvalue weighted by Crippen LogP contribution is 2.32. The molecular weight excluding hydrogens is 406 g/mol. The molecule has 0 aliphatic heterocycles. The molecule has 4 rings (SSSR count). The smallest absolute Gasteiger partial charge is 0.166 e. The van der Waals surface area contributed by atoms with Crippen LogP contribution in [0.1, 0.15) is 0 Å². The van der Waals surface area contributed by atoms with Crippen LogP contribution < -0.4 is 0 Å². The third-order valence-corrected chi connectivity index (χ3v) is 7.96. The summed E-state index contributed by atoms with van der Waals surface area (Å²) in [6.07, 6.45) is 0. The van der Waals surface area contributed by atoms with Gasteiger partial charge >= 0.3 is 0 Å². The third kappa shape index (κ3) is 4.47. The minimum atomic E-state index is -1.26. The van der Waals surface area contributed by atoms with E-state index < -0.39 is 21.7 Å². The first-order valence-electron chi connectivity index (χ1n) is 8.94. The molecule has 0 aromatic heterocycles. The van der Waals surface area contributed by atoms with Crippen molar-refractivity contribution in [3.8, 4) is 0 Å². The Balaban J connectivity index is 1.72. The Morgan fingerprint density at radius 2 is 0.897 bits per heavy atom. The van der Waals surface area contributed by atoms with Crippen molar-refractivity contribution in [3.05, 3.63) is 115 Å². The van der Waals surface area contributed by atoms with Crippen LogP contribution in [0.5, 0.6) is 0 Å². The number of hydrogen-bond acceptors (Lipinski definition) is 1. The van der Waals surface area contributed by atoms with Crippen molar-refractivity contribution in [1.29, 1.82) is 0 Å². The zero-order valence-electron chi connectivity index (χ0n) is 15.3. The average Bonchev–Trinajstić information content (AvgIpc) is 2.77. The fourth-order valence-electron chi connectivity index (χ4n) is 2.93. The monoisotopic (exact) mass is 423 g/mol. The molecule has 0 fully saturated rings. The van der Waals surface area contributed by atoms with Crippen LogP contribution in [0, 0.1) is 11.6 Å². The van der Waals surface area contributed by atoms with Gasteiger partial charge in [0.05, 0.1) is 21.7 Å². The molecule has 0 aliphatic carbocycles. The van der Waals surface area contributed by atoms with Crippen LogP contribution in [0.15, 0.2) is 128 Å². The summed E-state index contributed by atoms with van der Waals surface area (Å²) in [4.78, 5) is 4.29. The summed E-state index contributed by atoms with van der Waals surface area (Å²) in [5.41, 5.74) is 0. The molecule has 0 N–H and O–H groups in total. The quantitative estimate of drug-likeness (QED) is 0.348. The van der Waals surface area contributed by atoms with Gasteiger partial charge < -0.3 is 0 Å². The maximum Gasteiger partial charge on any atom is 0.166 e. The van der Waals surface area contributed by atoms with Crippen LogP contribution >= 0.6 is 0 Å². The Kier molecular flexibility index (Phi) is 5.88. The molecule has 0 bridgehead atoms. The maximum atomic E-state index is 13.4. The van der Waals surface area contributed by atoms with E-state index in [4.69, 9.17) is 0 Å². The number of halogens is 2. The molecule has 29 heavy (non-hydrogen) atoms. The third-order valence-electron chi connectivity index (χ3n) is 4.33. The lowest BCUT2D eigenvalue weighted by Crippen LogP contribution is -2.05. The van der Waals surface area contributed by atoms with Gasteiger partial charge in [-0.1, -0.05) is 18.2 Å². The zero-order valence-corrected chi connectivity index (χ0v) is 16.9. The minimum Gasteiger partial charge on any atom is -0.249 e. The molecule has 0 aliphatic rings. The van der Waals surface area contributed by atoms with Crippen molar-refractivity contribution in [3.63, 3.8) is 0 Å². The number of hydrogen-bond donors (Lipinski definition) is 0. The maximum absolute atomic E-state index is 13.4. The van der Waals surface area contributed by atoms with Crippen LogP contribution in [0.2, 0.25) is 0 Å². The Bertz CT molecular complexity index is 1060. The van der Waals surface area contributed by atoms with E-state index >= 15 is 0 Å². The van der Waals surface area contributed by atoms with Crippen molar-refractivity contribution >= 4 is 21.7 Å². The Labute approximate surface area is 173 Å². The lowest BCUT2D eigenvalue weighted by Gasteiger charge is -2.09. The van der Waals surface area contributed by atoms with Gasteiger partial charge in [0.25, 0.3) is 0 Å². The van der Waals surface area contributed by atoms with Gasteiger partial charge in [-0.2, -0.15) is 0 Å². The molecule has 0 amide bonds. The van der Waals surface area contributed by atoms with Gasteiger partial charge in [0, 0.05) is 9.79 Å². The van der Waals surface area contributed by atoms with Crippen LogP contribution in [0.4, 0.5) is 8.78 Å². The number of rotatable bonds is 5. The van der Waals surface area contributed by atoms with E-state index in [1.54, 1.807) is 24.3 Å². The molecule has 0 spiro atoms. The van der Waals surface area contributed by atoms with Crippen molar-refractivity contribution in [1.82, 2.24) is 0 Å². The summed E-state index contributed by atoms with van der Waals surface area (Å²) >= 11 is 0. The summed E-state index contributed by atoms with van der Waals surface area (Å²) in [5.74, 6) is -0.602. The second-order valence-corrected chi connectivity index (χ2v) is 9.77. The van der Waals surface area contributed by atoms with E-state index in [1.807, 2.05) is 54.6 Å². The molecule has 0 radical (unpaired) electrons. The van der Waals surface area contributed by atoms with Crippen molar-refractivity contribution in [2.24, 2.45) is 0 Å². The van der Waals surface area contributed by atoms with Crippen molar-refractivity contribution in [2.45, 2.75) is 24.5 Å². The van der Waals surface area contributed by atoms with Gasteiger partial charge in [0.1, 0.15) is 11.6 Å². The first kappa shape index (κ1) is 19.6. The SMILES string of the molecule is O=S(c1ccccc1)c1ccc([S+](c2ccc(F)cc2)c2ccc(F)cc2)cc1. The van der Waals surface area contributed by atoms with E-state index in [0.717, 1.165) is 19.6 Å². The topological polar surface area (TPSA) is 17.1 Å². The average molecular weight is 424 g/mol. The lowest BCUT2D eigenvalue weighted by atomic mass is 10.3.